The number of Topliss-reactive ketones (excluding diaryl/α,β-unsaturated/α-hetero) is 1. The second-order valence-corrected chi connectivity index (χ2v) is 5.57. The number of rotatable bonds is 2. The first-order valence-electron chi connectivity index (χ1n) is 7.02. The van der Waals surface area contributed by atoms with Gasteiger partial charge >= 0.3 is 0 Å². The summed E-state index contributed by atoms with van der Waals surface area (Å²) in [6, 6.07) is 3.61. The fraction of sp³-hybridized carbons (Fsp3) is 0.312. The molecule has 0 aliphatic carbocycles. The molecule has 0 spiro atoms. The molecule has 0 bridgehead atoms. The van der Waals surface area contributed by atoms with Crippen molar-refractivity contribution >= 4 is 17.9 Å². The minimum absolute atomic E-state index is 0.0133. The molecule has 0 radical (unpaired) electrons. The largest absolute Gasteiger partial charge is 0.361 e. The Balaban J connectivity index is 1.91. The Kier molecular flexibility index (Phi) is 3.77. The third-order valence-electron chi connectivity index (χ3n) is 3.40. The van der Waals surface area contributed by atoms with Crippen LogP contribution in [-0.4, -0.2) is 41.1 Å². The van der Waals surface area contributed by atoms with E-state index >= 15 is 0 Å². The van der Waals surface area contributed by atoms with Gasteiger partial charge in [0.1, 0.15) is 22.9 Å². The number of hydrogen-bond acceptors (Lipinski definition) is 6. The SMILES string of the molecule is Cc1cc(/C=C2\CN(C)C/C(=C\c3cc(C)on3)C2=O)no1. The average molecular weight is 299 g/mol. The third kappa shape index (κ3) is 3.07. The molecule has 0 saturated carbocycles. The van der Waals surface area contributed by atoms with Crippen LogP contribution in [0.15, 0.2) is 32.3 Å². The second-order valence-electron chi connectivity index (χ2n) is 5.57. The monoisotopic (exact) mass is 299 g/mol. The van der Waals surface area contributed by atoms with E-state index in [9.17, 15) is 4.79 Å². The lowest BCUT2D eigenvalue weighted by molar-refractivity contribution is -0.113. The molecule has 0 N–H and O–H groups in total. The molecule has 1 aliphatic heterocycles. The van der Waals surface area contributed by atoms with Gasteiger partial charge in [-0.25, -0.2) is 0 Å². The van der Waals surface area contributed by atoms with Crippen molar-refractivity contribution in [3.8, 4) is 0 Å². The van der Waals surface area contributed by atoms with Gasteiger partial charge in [-0.15, -0.1) is 0 Å². The molecule has 0 atom stereocenters. The number of carbonyl (C=O) groups excluding carboxylic acids is 1. The van der Waals surface area contributed by atoms with Gasteiger partial charge in [0.15, 0.2) is 5.78 Å². The van der Waals surface area contributed by atoms with Gasteiger partial charge in [0.05, 0.1) is 0 Å². The molecule has 1 aliphatic rings. The molecule has 0 unspecified atom stereocenters. The van der Waals surface area contributed by atoms with Crippen LogP contribution in [0.1, 0.15) is 22.9 Å². The molecule has 6 nitrogen and oxygen atoms in total. The summed E-state index contributed by atoms with van der Waals surface area (Å²) in [6.45, 7) is 4.81. The minimum atomic E-state index is 0.0133. The second kappa shape index (κ2) is 5.73. The quantitative estimate of drug-likeness (QED) is 0.792. The molecule has 22 heavy (non-hydrogen) atoms. The Morgan fingerprint density at radius 1 is 1.00 bits per heavy atom. The molecule has 1 fully saturated rings. The van der Waals surface area contributed by atoms with Crippen molar-refractivity contribution in [1.29, 1.82) is 0 Å². The topological polar surface area (TPSA) is 72.4 Å². The van der Waals surface area contributed by atoms with Gasteiger partial charge in [-0.3, -0.25) is 9.69 Å². The zero-order valence-corrected chi connectivity index (χ0v) is 12.8. The average Bonchev–Trinajstić information content (AvgIpc) is 3.04. The number of aryl methyl sites for hydroxylation is 2. The molecular formula is C16H17N3O3. The van der Waals surface area contributed by atoms with Gasteiger partial charge in [0.25, 0.3) is 0 Å². The van der Waals surface area contributed by atoms with Gasteiger partial charge < -0.3 is 9.05 Å². The zero-order valence-electron chi connectivity index (χ0n) is 12.8. The Labute approximate surface area is 128 Å². The normalized spacial score (nSPS) is 20.2. The number of likely N-dealkylation sites (N-methyl/N-ethyl adjacent to an activating group) is 1. The zero-order chi connectivity index (χ0) is 15.7. The van der Waals surface area contributed by atoms with E-state index in [1.54, 1.807) is 24.3 Å². The van der Waals surface area contributed by atoms with Crippen LogP contribution in [0.4, 0.5) is 0 Å². The van der Waals surface area contributed by atoms with Gasteiger partial charge in [0, 0.05) is 36.4 Å². The molecule has 3 rings (SSSR count). The van der Waals surface area contributed by atoms with Crippen molar-refractivity contribution in [2.45, 2.75) is 13.8 Å². The first-order valence-corrected chi connectivity index (χ1v) is 7.02. The highest BCUT2D eigenvalue weighted by Crippen LogP contribution is 2.21. The molecule has 0 aromatic carbocycles. The predicted molar refractivity (Wildman–Crippen MR) is 80.9 cm³/mol. The van der Waals surface area contributed by atoms with E-state index in [2.05, 4.69) is 15.2 Å². The number of nitrogens with zero attached hydrogens (tertiary/aromatic N) is 3. The van der Waals surface area contributed by atoms with Gasteiger partial charge in [-0.2, -0.15) is 0 Å². The van der Waals surface area contributed by atoms with Crippen molar-refractivity contribution in [2.75, 3.05) is 20.1 Å². The fourth-order valence-corrected chi connectivity index (χ4v) is 2.47. The summed E-state index contributed by atoms with van der Waals surface area (Å²) < 4.78 is 10.1. The maximum absolute atomic E-state index is 12.6. The molecular weight excluding hydrogens is 282 g/mol. The predicted octanol–water partition coefficient (Wildman–Crippen LogP) is 2.26. The highest BCUT2D eigenvalue weighted by Gasteiger charge is 2.24. The minimum Gasteiger partial charge on any atom is -0.361 e. The van der Waals surface area contributed by atoms with Crippen LogP contribution in [0.25, 0.3) is 12.2 Å². The van der Waals surface area contributed by atoms with E-state index in [0.29, 0.717) is 35.6 Å². The van der Waals surface area contributed by atoms with E-state index in [0.717, 1.165) is 11.5 Å². The Hall–Kier alpha value is -2.47. The first-order chi connectivity index (χ1) is 10.5. The van der Waals surface area contributed by atoms with Gasteiger partial charge in [-0.1, -0.05) is 10.3 Å². The fourth-order valence-electron chi connectivity index (χ4n) is 2.47. The highest BCUT2D eigenvalue weighted by molar-refractivity contribution is 6.14. The van der Waals surface area contributed by atoms with E-state index in [1.807, 2.05) is 20.9 Å². The van der Waals surface area contributed by atoms with Crippen molar-refractivity contribution in [3.05, 3.63) is 46.2 Å². The third-order valence-corrected chi connectivity index (χ3v) is 3.40. The molecule has 2 aromatic rings. The van der Waals surface area contributed by atoms with E-state index in [1.165, 1.54) is 0 Å². The Morgan fingerprint density at radius 3 is 1.82 bits per heavy atom. The smallest absolute Gasteiger partial charge is 0.187 e. The number of hydrogen-bond donors (Lipinski definition) is 0. The van der Waals surface area contributed by atoms with Crippen LogP contribution in [0.2, 0.25) is 0 Å². The Morgan fingerprint density at radius 2 is 1.45 bits per heavy atom. The lowest BCUT2D eigenvalue weighted by atomic mass is 9.96. The maximum Gasteiger partial charge on any atom is 0.187 e. The van der Waals surface area contributed by atoms with E-state index in [-0.39, 0.29) is 5.78 Å². The Bertz CT molecular complexity index is 705. The molecule has 0 amide bonds. The van der Waals surface area contributed by atoms with Crippen LogP contribution in [0.5, 0.6) is 0 Å². The highest BCUT2D eigenvalue weighted by atomic mass is 16.5. The van der Waals surface area contributed by atoms with Crippen LogP contribution >= 0.6 is 0 Å². The summed E-state index contributed by atoms with van der Waals surface area (Å²) in [4.78, 5) is 14.7. The number of likely N-dealkylation sites (tertiary alicyclic amines) is 1. The lowest BCUT2D eigenvalue weighted by Crippen LogP contribution is -2.34. The molecule has 3 heterocycles. The maximum atomic E-state index is 12.6. The lowest BCUT2D eigenvalue weighted by Gasteiger charge is -2.25. The molecule has 2 aromatic heterocycles. The van der Waals surface area contributed by atoms with Crippen molar-refractivity contribution < 1.29 is 13.8 Å². The summed E-state index contributed by atoms with van der Waals surface area (Å²) in [6.07, 6.45) is 3.55. The van der Waals surface area contributed by atoms with Crippen LogP contribution in [-0.2, 0) is 4.79 Å². The summed E-state index contributed by atoms with van der Waals surface area (Å²) in [5.41, 5.74) is 2.70. The van der Waals surface area contributed by atoms with Gasteiger partial charge in [-0.05, 0) is 33.0 Å². The van der Waals surface area contributed by atoms with Crippen LogP contribution in [0.3, 0.4) is 0 Å². The summed E-state index contributed by atoms with van der Waals surface area (Å²) >= 11 is 0. The van der Waals surface area contributed by atoms with Crippen LogP contribution in [0, 0.1) is 13.8 Å². The first kappa shape index (κ1) is 14.5. The molecule has 114 valence electrons. The number of carbonyl (C=O) groups is 1. The summed E-state index contributed by atoms with van der Waals surface area (Å²) in [7, 11) is 1.97. The summed E-state index contributed by atoms with van der Waals surface area (Å²) in [5.74, 6) is 1.45. The summed E-state index contributed by atoms with van der Waals surface area (Å²) in [5, 5.41) is 7.83. The van der Waals surface area contributed by atoms with E-state index < -0.39 is 0 Å². The van der Waals surface area contributed by atoms with Crippen molar-refractivity contribution in [3.63, 3.8) is 0 Å². The molecule has 1 saturated heterocycles. The van der Waals surface area contributed by atoms with Crippen molar-refractivity contribution in [2.24, 2.45) is 0 Å². The molecule has 6 heteroatoms. The van der Waals surface area contributed by atoms with E-state index in [4.69, 9.17) is 9.05 Å². The number of piperidine rings is 1. The van der Waals surface area contributed by atoms with Crippen molar-refractivity contribution in [1.82, 2.24) is 15.2 Å². The number of ketones is 1. The standard InChI is InChI=1S/C16H17N3O3/c1-10-4-14(17-21-10)6-12-8-19(3)9-13(16(12)20)7-15-5-11(2)22-18-15/h4-7H,8-9H2,1-3H3/b12-6+,13-7+. The number of aromatic nitrogens is 2. The van der Waals surface area contributed by atoms with Gasteiger partial charge in [0.2, 0.25) is 0 Å². The van der Waals surface area contributed by atoms with Crippen LogP contribution < -0.4 is 0 Å².